The predicted octanol–water partition coefficient (Wildman–Crippen LogP) is 5.83. The summed E-state index contributed by atoms with van der Waals surface area (Å²) in [7, 11) is 0. The number of anilines is 2. The van der Waals surface area contributed by atoms with Crippen molar-refractivity contribution in [3.05, 3.63) is 88.9 Å². The summed E-state index contributed by atoms with van der Waals surface area (Å²) in [5.41, 5.74) is 2.65. The number of rotatable bonds is 9. The SMILES string of the molecule is CCCC(=O)Nc1ccc(Cl)c(NC(=S)NC(=O)c2cccc(OCCc3ccccc3)c2)c1. The Balaban J connectivity index is 1.55. The van der Waals surface area contributed by atoms with Crippen LogP contribution >= 0.6 is 23.8 Å². The van der Waals surface area contributed by atoms with E-state index in [1.165, 1.54) is 5.56 Å². The number of benzene rings is 3. The minimum Gasteiger partial charge on any atom is -0.493 e. The highest BCUT2D eigenvalue weighted by molar-refractivity contribution is 7.80. The van der Waals surface area contributed by atoms with Gasteiger partial charge in [-0.3, -0.25) is 14.9 Å². The Bertz CT molecular complexity index is 1160. The summed E-state index contributed by atoms with van der Waals surface area (Å²) in [5, 5.41) is 8.84. The number of carbonyl (C=O) groups excluding carboxylic acids is 2. The van der Waals surface area contributed by atoms with Gasteiger partial charge in [0.1, 0.15) is 5.75 Å². The third-order valence-corrected chi connectivity index (χ3v) is 5.33. The van der Waals surface area contributed by atoms with Crippen LogP contribution in [0.3, 0.4) is 0 Å². The van der Waals surface area contributed by atoms with E-state index in [1.54, 1.807) is 42.5 Å². The lowest BCUT2D eigenvalue weighted by atomic mass is 10.2. The largest absolute Gasteiger partial charge is 0.493 e. The van der Waals surface area contributed by atoms with Gasteiger partial charge in [-0.2, -0.15) is 0 Å². The molecule has 0 heterocycles. The van der Waals surface area contributed by atoms with Gasteiger partial charge in [0.2, 0.25) is 5.91 Å². The molecule has 0 atom stereocenters. The molecule has 0 fully saturated rings. The number of carbonyl (C=O) groups is 2. The molecular weight excluding hydrogens is 470 g/mol. The zero-order chi connectivity index (χ0) is 24.3. The molecule has 2 amide bonds. The van der Waals surface area contributed by atoms with Gasteiger partial charge in [0.05, 0.1) is 17.3 Å². The maximum Gasteiger partial charge on any atom is 0.257 e. The quantitative estimate of drug-likeness (QED) is 0.326. The van der Waals surface area contributed by atoms with Gasteiger partial charge in [-0.25, -0.2) is 0 Å². The van der Waals surface area contributed by atoms with Crippen molar-refractivity contribution in [3.63, 3.8) is 0 Å². The molecule has 0 bridgehead atoms. The lowest BCUT2D eigenvalue weighted by molar-refractivity contribution is -0.116. The Morgan fingerprint density at radius 3 is 2.53 bits per heavy atom. The van der Waals surface area contributed by atoms with E-state index in [0.717, 1.165) is 12.8 Å². The fourth-order valence-corrected chi connectivity index (χ4v) is 3.50. The average molecular weight is 496 g/mol. The summed E-state index contributed by atoms with van der Waals surface area (Å²) in [4.78, 5) is 24.5. The van der Waals surface area contributed by atoms with Gasteiger partial charge in [0.25, 0.3) is 5.91 Å². The lowest BCUT2D eigenvalue weighted by Gasteiger charge is -2.13. The number of halogens is 1. The molecule has 0 aliphatic rings. The summed E-state index contributed by atoms with van der Waals surface area (Å²) < 4.78 is 5.80. The topological polar surface area (TPSA) is 79.5 Å². The van der Waals surface area contributed by atoms with Crippen LogP contribution in [0.5, 0.6) is 5.75 Å². The second kappa shape index (κ2) is 12.7. The Hall–Kier alpha value is -3.42. The van der Waals surface area contributed by atoms with E-state index in [9.17, 15) is 9.59 Å². The Labute approximate surface area is 209 Å². The predicted molar refractivity (Wildman–Crippen MR) is 141 cm³/mol. The third-order valence-electron chi connectivity index (χ3n) is 4.80. The van der Waals surface area contributed by atoms with Crippen molar-refractivity contribution in [2.24, 2.45) is 0 Å². The van der Waals surface area contributed by atoms with Crippen LogP contribution in [-0.4, -0.2) is 23.5 Å². The molecule has 0 saturated heterocycles. The maximum atomic E-state index is 12.7. The molecule has 3 N–H and O–H groups in total. The average Bonchev–Trinajstić information content (AvgIpc) is 2.82. The molecule has 0 radical (unpaired) electrons. The molecule has 0 saturated carbocycles. The molecule has 3 rings (SSSR count). The molecule has 34 heavy (non-hydrogen) atoms. The standard InChI is InChI=1S/C26H26ClN3O3S/c1-2-7-24(31)28-20-12-13-22(27)23(17-20)29-26(34)30-25(32)19-10-6-11-21(16-19)33-15-14-18-8-4-3-5-9-18/h3-6,8-13,16-17H,2,7,14-15H2,1H3,(H,28,31)(H2,29,30,32,34). The molecule has 6 nitrogen and oxygen atoms in total. The van der Waals surface area contributed by atoms with Crippen molar-refractivity contribution in [2.75, 3.05) is 17.2 Å². The molecular formula is C26H26ClN3O3S. The zero-order valence-corrected chi connectivity index (χ0v) is 20.3. The highest BCUT2D eigenvalue weighted by Gasteiger charge is 2.11. The first-order chi connectivity index (χ1) is 16.4. The summed E-state index contributed by atoms with van der Waals surface area (Å²) in [6, 6.07) is 21.9. The van der Waals surface area contributed by atoms with E-state index >= 15 is 0 Å². The molecule has 0 aromatic heterocycles. The van der Waals surface area contributed by atoms with Crippen LogP contribution in [0.25, 0.3) is 0 Å². The summed E-state index contributed by atoms with van der Waals surface area (Å²) >= 11 is 11.5. The van der Waals surface area contributed by atoms with Crippen LogP contribution < -0.4 is 20.7 Å². The highest BCUT2D eigenvalue weighted by atomic mass is 35.5. The fraction of sp³-hybridized carbons (Fsp3) is 0.192. The molecule has 8 heteroatoms. The monoisotopic (exact) mass is 495 g/mol. The van der Waals surface area contributed by atoms with E-state index in [1.807, 2.05) is 37.3 Å². The van der Waals surface area contributed by atoms with Gasteiger partial charge in [0.15, 0.2) is 5.11 Å². The minimum absolute atomic E-state index is 0.0827. The van der Waals surface area contributed by atoms with E-state index in [-0.39, 0.29) is 16.9 Å². The van der Waals surface area contributed by atoms with Crippen molar-refractivity contribution in [2.45, 2.75) is 26.2 Å². The van der Waals surface area contributed by atoms with E-state index in [0.29, 0.717) is 40.7 Å². The Kier molecular flexibility index (Phi) is 9.43. The number of nitrogens with one attached hydrogen (secondary N) is 3. The van der Waals surface area contributed by atoms with Crippen LogP contribution in [0.4, 0.5) is 11.4 Å². The van der Waals surface area contributed by atoms with Crippen LogP contribution in [0, 0.1) is 0 Å². The maximum absolute atomic E-state index is 12.7. The zero-order valence-electron chi connectivity index (χ0n) is 18.8. The van der Waals surface area contributed by atoms with E-state index in [2.05, 4.69) is 16.0 Å². The fourth-order valence-electron chi connectivity index (χ4n) is 3.14. The molecule has 176 valence electrons. The van der Waals surface area contributed by atoms with E-state index < -0.39 is 0 Å². The van der Waals surface area contributed by atoms with Gasteiger partial charge >= 0.3 is 0 Å². The molecule has 3 aromatic rings. The Morgan fingerprint density at radius 1 is 0.971 bits per heavy atom. The smallest absolute Gasteiger partial charge is 0.257 e. The second-order valence-corrected chi connectivity index (χ2v) is 8.33. The van der Waals surface area contributed by atoms with Gasteiger partial charge in [-0.1, -0.05) is 54.9 Å². The Morgan fingerprint density at radius 2 is 1.76 bits per heavy atom. The van der Waals surface area contributed by atoms with Crippen molar-refractivity contribution in [3.8, 4) is 5.75 Å². The number of ether oxygens (including phenoxy) is 1. The van der Waals surface area contributed by atoms with Crippen molar-refractivity contribution in [1.82, 2.24) is 5.32 Å². The van der Waals surface area contributed by atoms with Gasteiger partial charge in [0, 0.05) is 24.1 Å². The van der Waals surface area contributed by atoms with Crippen molar-refractivity contribution < 1.29 is 14.3 Å². The lowest BCUT2D eigenvalue weighted by Crippen LogP contribution is -2.34. The minimum atomic E-state index is -0.380. The normalized spacial score (nSPS) is 10.3. The van der Waals surface area contributed by atoms with Gasteiger partial charge in [-0.05, 0) is 60.6 Å². The van der Waals surface area contributed by atoms with Crippen molar-refractivity contribution in [1.29, 1.82) is 0 Å². The molecule has 0 aliphatic carbocycles. The first-order valence-electron chi connectivity index (χ1n) is 10.9. The second-order valence-electron chi connectivity index (χ2n) is 7.51. The van der Waals surface area contributed by atoms with Crippen LogP contribution in [0.15, 0.2) is 72.8 Å². The van der Waals surface area contributed by atoms with E-state index in [4.69, 9.17) is 28.6 Å². The number of hydrogen-bond acceptors (Lipinski definition) is 4. The summed E-state index contributed by atoms with van der Waals surface area (Å²) in [5.74, 6) is 0.132. The first kappa shape index (κ1) is 25.2. The molecule has 3 aromatic carbocycles. The third kappa shape index (κ3) is 7.86. The first-order valence-corrected chi connectivity index (χ1v) is 11.7. The number of amides is 2. The number of hydrogen-bond donors (Lipinski definition) is 3. The van der Waals surface area contributed by atoms with Crippen LogP contribution in [0.1, 0.15) is 35.7 Å². The molecule has 0 unspecified atom stereocenters. The van der Waals surface area contributed by atoms with Crippen LogP contribution in [-0.2, 0) is 11.2 Å². The molecule has 0 aliphatic heterocycles. The summed E-state index contributed by atoms with van der Waals surface area (Å²) in [6.45, 7) is 2.43. The highest BCUT2D eigenvalue weighted by Crippen LogP contribution is 2.26. The van der Waals surface area contributed by atoms with Crippen LogP contribution in [0.2, 0.25) is 5.02 Å². The number of thiocarbonyl (C=S) groups is 1. The van der Waals surface area contributed by atoms with Gasteiger partial charge in [-0.15, -0.1) is 0 Å². The van der Waals surface area contributed by atoms with Crippen molar-refractivity contribution >= 4 is 52.1 Å². The summed E-state index contributed by atoms with van der Waals surface area (Å²) in [6.07, 6.45) is 1.94. The van der Waals surface area contributed by atoms with Gasteiger partial charge < -0.3 is 15.4 Å². The molecule has 0 spiro atoms.